The Morgan fingerprint density at radius 3 is 2.50 bits per heavy atom. The van der Waals surface area contributed by atoms with Gasteiger partial charge in [-0.15, -0.1) is 11.6 Å². The molecule has 0 bridgehead atoms. The zero-order valence-corrected chi connectivity index (χ0v) is 7.38. The van der Waals surface area contributed by atoms with Gasteiger partial charge in [-0.2, -0.15) is 0 Å². The molecule has 1 aromatic carbocycles. The van der Waals surface area contributed by atoms with Crippen LogP contribution in [0.5, 0.6) is 11.5 Å². The highest BCUT2D eigenvalue weighted by molar-refractivity contribution is 6.17. The minimum absolute atomic E-state index is 0.0675. The standard InChI is InChI=1S/C9H11ClO2/c10-5-1-2-7-3-4-8(11)9(12)6-7/h3-4,6,11-12H,1-2,5H2. The predicted molar refractivity (Wildman–Crippen MR) is 48.8 cm³/mol. The molecule has 3 heteroatoms. The molecule has 2 nitrogen and oxygen atoms in total. The largest absolute Gasteiger partial charge is 0.504 e. The summed E-state index contributed by atoms with van der Waals surface area (Å²) in [7, 11) is 0. The molecule has 0 saturated heterocycles. The first-order valence-corrected chi connectivity index (χ1v) is 4.34. The minimum atomic E-state index is -0.0791. The number of phenolic OH excluding ortho intramolecular Hbond substituents is 2. The molecule has 2 N–H and O–H groups in total. The van der Waals surface area contributed by atoms with Gasteiger partial charge in [0, 0.05) is 5.88 Å². The molecule has 0 fully saturated rings. The number of benzene rings is 1. The molecule has 66 valence electrons. The Hall–Kier alpha value is -0.890. The van der Waals surface area contributed by atoms with E-state index < -0.39 is 0 Å². The molecule has 1 rings (SSSR count). The van der Waals surface area contributed by atoms with Crippen molar-refractivity contribution in [2.24, 2.45) is 0 Å². The molecule has 0 aromatic heterocycles. The molecule has 0 saturated carbocycles. The van der Waals surface area contributed by atoms with Crippen LogP contribution in [0.25, 0.3) is 0 Å². The third-order valence-corrected chi connectivity index (χ3v) is 1.91. The van der Waals surface area contributed by atoms with Crippen molar-refractivity contribution in [1.29, 1.82) is 0 Å². The van der Waals surface area contributed by atoms with Crippen molar-refractivity contribution < 1.29 is 10.2 Å². The predicted octanol–water partition coefficient (Wildman–Crippen LogP) is 2.27. The van der Waals surface area contributed by atoms with Crippen molar-refractivity contribution in [3.63, 3.8) is 0 Å². The summed E-state index contributed by atoms with van der Waals surface area (Å²) in [6.45, 7) is 0. The highest BCUT2D eigenvalue weighted by Crippen LogP contribution is 2.25. The molecule has 1 aromatic rings. The Morgan fingerprint density at radius 1 is 1.17 bits per heavy atom. The van der Waals surface area contributed by atoms with Gasteiger partial charge in [-0.3, -0.25) is 0 Å². The van der Waals surface area contributed by atoms with E-state index in [0.717, 1.165) is 18.4 Å². The smallest absolute Gasteiger partial charge is 0.157 e. The van der Waals surface area contributed by atoms with Crippen molar-refractivity contribution in [3.05, 3.63) is 23.8 Å². The van der Waals surface area contributed by atoms with Crippen LogP contribution < -0.4 is 0 Å². The molecule has 0 spiro atoms. The van der Waals surface area contributed by atoms with Crippen molar-refractivity contribution in [2.75, 3.05) is 5.88 Å². The van der Waals surface area contributed by atoms with Gasteiger partial charge in [-0.1, -0.05) is 6.07 Å². The van der Waals surface area contributed by atoms with E-state index in [9.17, 15) is 0 Å². The van der Waals surface area contributed by atoms with Gasteiger partial charge in [0.2, 0.25) is 0 Å². The number of rotatable bonds is 3. The summed E-state index contributed by atoms with van der Waals surface area (Å²) < 4.78 is 0. The first-order valence-electron chi connectivity index (χ1n) is 3.81. The van der Waals surface area contributed by atoms with Gasteiger partial charge < -0.3 is 10.2 Å². The number of hydrogen-bond donors (Lipinski definition) is 2. The minimum Gasteiger partial charge on any atom is -0.504 e. The maximum absolute atomic E-state index is 9.12. The lowest BCUT2D eigenvalue weighted by Crippen LogP contribution is -1.85. The third-order valence-electron chi connectivity index (χ3n) is 1.64. The van der Waals surface area contributed by atoms with E-state index in [1.165, 1.54) is 6.07 Å². The number of hydrogen-bond acceptors (Lipinski definition) is 2. The lowest BCUT2D eigenvalue weighted by atomic mass is 10.1. The van der Waals surface area contributed by atoms with Gasteiger partial charge in [0.15, 0.2) is 11.5 Å². The number of aryl methyl sites for hydroxylation is 1. The molecular formula is C9H11ClO2. The Kier molecular flexibility index (Phi) is 3.23. The first-order chi connectivity index (χ1) is 5.74. The highest BCUT2D eigenvalue weighted by Gasteiger charge is 1.99. The van der Waals surface area contributed by atoms with Gasteiger partial charge >= 0.3 is 0 Å². The molecule has 0 aliphatic carbocycles. The van der Waals surface area contributed by atoms with E-state index in [2.05, 4.69) is 0 Å². The van der Waals surface area contributed by atoms with Crippen molar-refractivity contribution in [3.8, 4) is 11.5 Å². The Morgan fingerprint density at radius 2 is 1.92 bits per heavy atom. The Bertz CT molecular complexity index is 261. The Labute approximate surface area is 76.4 Å². The fourth-order valence-corrected chi connectivity index (χ4v) is 1.13. The second kappa shape index (κ2) is 4.21. The summed E-state index contributed by atoms with van der Waals surface area (Å²) in [5, 5.41) is 18.1. The van der Waals surface area contributed by atoms with Gasteiger partial charge in [0.25, 0.3) is 0 Å². The van der Waals surface area contributed by atoms with Crippen molar-refractivity contribution in [2.45, 2.75) is 12.8 Å². The lowest BCUT2D eigenvalue weighted by molar-refractivity contribution is 0.403. The summed E-state index contributed by atoms with van der Waals surface area (Å²) in [5.41, 5.74) is 0.992. The normalized spacial score (nSPS) is 10.1. The van der Waals surface area contributed by atoms with Gasteiger partial charge in [-0.25, -0.2) is 0 Å². The van der Waals surface area contributed by atoms with Crippen LogP contribution in [0.15, 0.2) is 18.2 Å². The van der Waals surface area contributed by atoms with Gasteiger partial charge in [-0.05, 0) is 30.5 Å². The second-order valence-corrected chi connectivity index (χ2v) is 2.99. The second-order valence-electron chi connectivity index (χ2n) is 2.62. The SMILES string of the molecule is Oc1ccc(CCCCl)cc1O. The van der Waals surface area contributed by atoms with E-state index in [-0.39, 0.29) is 11.5 Å². The molecule has 0 unspecified atom stereocenters. The monoisotopic (exact) mass is 186 g/mol. The third kappa shape index (κ3) is 2.31. The Balaban J connectivity index is 2.69. The van der Waals surface area contributed by atoms with E-state index in [1.54, 1.807) is 12.1 Å². The molecule has 0 aliphatic heterocycles. The maximum Gasteiger partial charge on any atom is 0.157 e. The van der Waals surface area contributed by atoms with Crippen LogP contribution in [0.2, 0.25) is 0 Å². The summed E-state index contributed by atoms with van der Waals surface area (Å²) >= 11 is 5.51. The van der Waals surface area contributed by atoms with Crippen LogP contribution in [0, 0.1) is 0 Å². The quantitative estimate of drug-likeness (QED) is 0.562. The number of aromatic hydroxyl groups is 2. The van der Waals surface area contributed by atoms with Crippen LogP contribution in [-0.4, -0.2) is 16.1 Å². The fraction of sp³-hybridized carbons (Fsp3) is 0.333. The summed E-state index contributed by atoms with van der Waals surface area (Å²) in [4.78, 5) is 0. The van der Waals surface area contributed by atoms with Crippen LogP contribution in [-0.2, 0) is 6.42 Å². The van der Waals surface area contributed by atoms with E-state index >= 15 is 0 Å². The van der Waals surface area contributed by atoms with E-state index in [0.29, 0.717) is 5.88 Å². The van der Waals surface area contributed by atoms with Crippen molar-refractivity contribution >= 4 is 11.6 Å². The zero-order chi connectivity index (χ0) is 8.97. The average molecular weight is 187 g/mol. The van der Waals surface area contributed by atoms with Crippen LogP contribution in [0.3, 0.4) is 0 Å². The molecule has 0 heterocycles. The van der Waals surface area contributed by atoms with Gasteiger partial charge in [0.05, 0.1) is 0 Å². The number of phenols is 2. The van der Waals surface area contributed by atoms with Crippen molar-refractivity contribution in [1.82, 2.24) is 0 Å². The van der Waals surface area contributed by atoms with Crippen LogP contribution >= 0.6 is 11.6 Å². The maximum atomic E-state index is 9.12. The lowest BCUT2D eigenvalue weighted by Gasteiger charge is -2.01. The molecule has 0 atom stereocenters. The highest BCUT2D eigenvalue weighted by atomic mass is 35.5. The fourth-order valence-electron chi connectivity index (χ4n) is 0.995. The van der Waals surface area contributed by atoms with Gasteiger partial charge in [0.1, 0.15) is 0 Å². The number of alkyl halides is 1. The first kappa shape index (κ1) is 9.20. The van der Waals surface area contributed by atoms with Crippen LogP contribution in [0.1, 0.15) is 12.0 Å². The van der Waals surface area contributed by atoms with Crippen LogP contribution in [0.4, 0.5) is 0 Å². The molecule has 0 radical (unpaired) electrons. The molecule has 0 aliphatic rings. The molecule has 12 heavy (non-hydrogen) atoms. The summed E-state index contributed by atoms with van der Waals surface area (Å²) in [6.07, 6.45) is 1.71. The average Bonchev–Trinajstić information content (AvgIpc) is 2.07. The topological polar surface area (TPSA) is 40.5 Å². The van der Waals surface area contributed by atoms with E-state index in [1.807, 2.05) is 0 Å². The summed E-state index contributed by atoms with van der Waals surface area (Å²) in [5.74, 6) is 0.466. The molecule has 0 amide bonds. The summed E-state index contributed by atoms with van der Waals surface area (Å²) in [6, 6.07) is 4.82. The zero-order valence-electron chi connectivity index (χ0n) is 6.63. The van der Waals surface area contributed by atoms with E-state index in [4.69, 9.17) is 21.8 Å². The molecular weight excluding hydrogens is 176 g/mol. The number of halogens is 1.